The summed E-state index contributed by atoms with van der Waals surface area (Å²) >= 11 is 0. The van der Waals surface area contributed by atoms with E-state index in [1.165, 1.54) is 5.56 Å². The van der Waals surface area contributed by atoms with Gasteiger partial charge in [-0.25, -0.2) is 4.98 Å². The number of hydrogen-bond acceptors (Lipinski definition) is 4. The molecule has 3 aromatic carbocycles. The summed E-state index contributed by atoms with van der Waals surface area (Å²) in [6, 6.07) is 29.4. The first-order valence-corrected chi connectivity index (χ1v) is 11.8. The van der Waals surface area contributed by atoms with Gasteiger partial charge in [-0.1, -0.05) is 103 Å². The lowest BCUT2D eigenvalue weighted by Gasteiger charge is -2.09. The minimum atomic E-state index is 0.306. The quantitative estimate of drug-likeness (QED) is 0.254. The molecule has 0 amide bonds. The van der Waals surface area contributed by atoms with Crippen molar-refractivity contribution in [3.8, 4) is 33.9 Å². The maximum atomic E-state index is 5.10. The smallest absolute Gasteiger partial charge is 0.177 e. The SMILES string of the molecule is CC(CCCCc1ccccc1-c1nc(-c2ccccc2)c(-c2ccccc2)[nH]1)c1nn[nH]n1. The number of unbranched alkanes of at least 4 members (excludes halogenated alkanes) is 1. The van der Waals surface area contributed by atoms with E-state index in [-0.39, 0.29) is 0 Å². The van der Waals surface area contributed by atoms with Gasteiger partial charge in [-0.2, -0.15) is 5.21 Å². The second-order valence-electron chi connectivity index (χ2n) is 8.62. The van der Waals surface area contributed by atoms with E-state index < -0.39 is 0 Å². The van der Waals surface area contributed by atoms with Gasteiger partial charge < -0.3 is 4.98 Å². The van der Waals surface area contributed by atoms with Crippen molar-refractivity contribution in [2.24, 2.45) is 0 Å². The molecule has 34 heavy (non-hydrogen) atoms. The second kappa shape index (κ2) is 10.3. The molecule has 170 valence electrons. The summed E-state index contributed by atoms with van der Waals surface area (Å²) in [4.78, 5) is 8.74. The van der Waals surface area contributed by atoms with E-state index in [1.807, 2.05) is 12.1 Å². The number of imidazole rings is 1. The van der Waals surface area contributed by atoms with Crippen LogP contribution in [-0.2, 0) is 6.42 Å². The fourth-order valence-corrected chi connectivity index (χ4v) is 4.36. The lowest BCUT2D eigenvalue weighted by Crippen LogP contribution is -1.98. The average molecular weight is 449 g/mol. The second-order valence-corrected chi connectivity index (χ2v) is 8.62. The van der Waals surface area contributed by atoms with Crippen molar-refractivity contribution in [3.05, 3.63) is 96.3 Å². The first-order chi connectivity index (χ1) is 16.8. The number of aryl methyl sites for hydroxylation is 1. The van der Waals surface area contributed by atoms with Gasteiger partial charge in [0, 0.05) is 22.6 Å². The fourth-order valence-electron chi connectivity index (χ4n) is 4.36. The molecule has 1 atom stereocenters. The Hall–Kier alpha value is -4.06. The molecule has 0 fully saturated rings. The molecule has 0 saturated heterocycles. The highest BCUT2D eigenvalue weighted by molar-refractivity contribution is 5.81. The van der Waals surface area contributed by atoms with Crippen LogP contribution in [0.15, 0.2) is 84.9 Å². The van der Waals surface area contributed by atoms with Gasteiger partial charge in [-0.15, -0.1) is 10.2 Å². The van der Waals surface area contributed by atoms with Crippen LogP contribution >= 0.6 is 0 Å². The Balaban J connectivity index is 1.39. The topological polar surface area (TPSA) is 83.1 Å². The van der Waals surface area contributed by atoms with Crippen LogP contribution in [0.3, 0.4) is 0 Å². The molecule has 0 spiro atoms. The summed E-state index contributed by atoms with van der Waals surface area (Å²) in [5.41, 5.74) is 6.73. The van der Waals surface area contributed by atoms with Gasteiger partial charge in [0.25, 0.3) is 0 Å². The largest absolute Gasteiger partial charge is 0.337 e. The number of hydrogen-bond donors (Lipinski definition) is 2. The zero-order valence-electron chi connectivity index (χ0n) is 19.3. The number of benzene rings is 3. The highest BCUT2D eigenvalue weighted by atomic mass is 15.5. The third-order valence-electron chi connectivity index (χ3n) is 6.22. The van der Waals surface area contributed by atoms with Gasteiger partial charge in [-0.05, 0) is 24.8 Å². The molecule has 2 heterocycles. The van der Waals surface area contributed by atoms with Crippen molar-refractivity contribution in [2.75, 3.05) is 0 Å². The zero-order chi connectivity index (χ0) is 23.2. The zero-order valence-corrected chi connectivity index (χ0v) is 19.3. The van der Waals surface area contributed by atoms with E-state index in [2.05, 4.69) is 105 Å². The van der Waals surface area contributed by atoms with Crippen LogP contribution in [0.2, 0.25) is 0 Å². The fraction of sp³-hybridized carbons (Fsp3) is 0.214. The van der Waals surface area contributed by atoms with E-state index in [4.69, 9.17) is 4.98 Å². The van der Waals surface area contributed by atoms with Crippen LogP contribution in [0.1, 0.15) is 43.5 Å². The third kappa shape index (κ3) is 4.81. The van der Waals surface area contributed by atoms with Crippen LogP contribution in [0.25, 0.3) is 33.9 Å². The Morgan fingerprint density at radius 3 is 2.24 bits per heavy atom. The molecule has 0 aliphatic rings. The number of H-pyrrole nitrogens is 2. The Bertz CT molecular complexity index is 1250. The molecule has 6 nitrogen and oxygen atoms in total. The molecule has 5 rings (SSSR count). The molecule has 0 aliphatic carbocycles. The van der Waals surface area contributed by atoms with Gasteiger partial charge in [0.2, 0.25) is 0 Å². The minimum Gasteiger partial charge on any atom is -0.337 e. The van der Waals surface area contributed by atoms with Crippen LogP contribution < -0.4 is 0 Å². The van der Waals surface area contributed by atoms with Gasteiger partial charge in [-0.3, -0.25) is 0 Å². The van der Waals surface area contributed by atoms with E-state index in [1.54, 1.807) is 0 Å². The summed E-state index contributed by atoms with van der Waals surface area (Å²) in [5.74, 6) is 2.01. The number of nitrogens with one attached hydrogen (secondary N) is 2. The molecule has 5 aromatic rings. The molecule has 0 bridgehead atoms. The van der Waals surface area contributed by atoms with Crippen LogP contribution in [0.4, 0.5) is 0 Å². The van der Waals surface area contributed by atoms with E-state index >= 15 is 0 Å². The summed E-state index contributed by atoms with van der Waals surface area (Å²) in [6.45, 7) is 2.15. The lowest BCUT2D eigenvalue weighted by molar-refractivity contribution is 0.581. The minimum absolute atomic E-state index is 0.306. The standard InChI is InChI=1S/C28H28N6/c1-20(27-31-33-34-32-27)12-8-9-13-21-14-10-11-19-24(21)28-29-25(22-15-4-2-5-16-22)26(30-28)23-17-6-3-7-18-23/h2-7,10-11,14-20H,8-9,12-13H2,1H3,(H,29,30)(H,31,32,33,34). The van der Waals surface area contributed by atoms with Crippen molar-refractivity contribution in [1.29, 1.82) is 0 Å². The van der Waals surface area contributed by atoms with Gasteiger partial charge in [0.1, 0.15) is 5.82 Å². The highest BCUT2D eigenvalue weighted by Gasteiger charge is 2.17. The molecule has 2 N–H and O–H groups in total. The molecule has 0 saturated carbocycles. The van der Waals surface area contributed by atoms with E-state index in [9.17, 15) is 0 Å². The van der Waals surface area contributed by atoms with Gasteiger partial charge in [0.05, 0.1) is 11.4 Å². The van der Waals surface area contributed by atoms with Crippen molar-refractivity contribution < 1.29 is 0 Å². The molecule has 0 radical (unpaired) electrons. The number of aromatic amines is 2. The molecule has 6 heteroatoms. The Kier molecular flexibility index (Phi) is 6.56. The van der Waals surface area contributed by atoms with Crippen LogP contribution in [0.5, 0.6) is 0 Å². The number of tetrazole rings is 1. The summed E-state index contributed by atoms with van der Waals surface area (Å²) in [7, 11) is 0. The predicted octanol–water partition coefficient (Wildman–Crippen LogP) is 6.44. The summed E-state index contributed by atoms with van der Waals surface area (Å²) in [6.07, 6.45) is 4.24. The molecular weight excluding hydrogens is 420 g/mol. The number of nitrogens with zero attached hydrogens (tertiary/aromatic N) is 4. The average Bonchev–Trinajstić information content (AvgIpc) is 3.59. The lowest BCUT2D eigenvalue weighted by atomic mass is 9.98. The molecule has 0 aliphatic heterocycles. The summed E-state index contributed by atoms with van der Waals surface area (Å²) < 4.78 is 0. The normalized spacial score (nSPS) is 12.0. The molecule has 1 unspecified atom stereocenters. The predicted molar refractivity (Wildman–Crippen MR) is 135 cm³/mol. The van der Waals surface area contributed by atoms with Crippen molar-refractivity contribution in [1.82, 2.24) is 30.6 Å². The van der Waals surface area contributed by atoms with Crippen LogP contribution in [0, 0.1) is 0 Å². The highest BCUT2D eigenvalue weighted by Crippen LogP contribution is 2.34. The Morgan fingerprint density at radius 2 is 1.50 bits per heavy atom. The number of rotatable bonds is 9. The van der Waals surface area contributed by atoms with E-state index in [0.717, 1.165) is 65.4 Å². The van der Waals surface area contributed by atoms with Crippen LogP contribution in [-0.4, -0.2) is 30.6 Å². The maximum absolute atomic E-state index is 5.10. The number of aromatic nitrogens is 6. The van der Waals surface area contributed by atoms with Crippen molar-refractivity contribution >= 4 is 0 Å². The Labute approximate surface area is 199 Å². The van der Waals surface area contributed by atoms with E-state index in [0.29, 0.717) is 5.92 Å². The maximum Gasteiger partial charge on any atom is 0.177 e. The first kappa shape index (κ1) is 21.8. The van der Waals surface area contributed by atoms with Gasteiger partial charge >= 0.3 is 0 Å². The monoisotopic (exact) mass is 448 g/mol. The van der Waals surface area contributed by atoms with Crippen molar-refractivity contribution in [2.45, 2.75) is 38.5 Å². The molecular formula is C28H28N6. The first-order valence-electron chi connectivity index (χ1n) is 11.8. The molecule has 2 aromatic heterocycles. The third-order valence-corrected chi connectivity index (χ3v) is 6.22. The van der Waals surface area contributed by atoms with Gasteiger partial charge in [0.15, 0.2) is 5.82 Å². The summed E-state index contributed by atoms with van der Waals surface area (Å²) in [5, 5.41) is 14.4. The Morgan fingerprint density at radius 1 is 0.794 bits per heavy atom. The van der Waals surface area contributed by atoms with Crippen molar-refractivity contribution in [3.63, 3.8) is 0 Å².